The molecule has 0 atom stereocenters. The number of hydrogen-bond acceptors (Lipinski definition) is 2. The second-order valence-corrected chi connectivity index (χ2v) is 5.93. The number of carbonyl (C=O) groups is 2. The van der Waals surface area contributed by atoms with Crippen LogP contribution in [0, 0.1) is 11.3 Å². The first kappa shape index (κ1) is 19.2. The van der Waals surface area contributed by atoms with E-state index in [1.807, 2.05) is 48.5 Å². The molecule has 0 aliphatic heterocycles. The third-order valence-corrected chi connectivity index (χ3v) is 2.59. The van der Waals surface area contributed by atoms with E-state index < -0.39 is 5.41 Å². The summed E-state index contributed by atoms with van der Waals surface area (Å²) in [4.78, 5) is 23.5. The number of benzene rings is 1. The quantitative estimate of drug-likeness (QED) is 0.873. The summed E-state index contributed by atoms with van der Waals surface area (Å²) in [6.45, 7) is 13.2. The summed E-state index contributed by atoms with van der Waals surface area (Å²) in [6, 6.07) is 7.15. The van der Waals surface area contributed by atoms with Crippen LogP contribution >= 0.6 is 0 Å². The van der Waals surface area contributed by atoms with E-state index in [0.717, 1.165) is 0 Å². The maximum atomic E-state index is 11.9. The van der Waals surface area contributed by atoms with Crippen LogP contribution in [-0.2, 0) is 9.59 Å². The molecule has 0 radical (unpaired) electrons. The molecule has 0 unspecified atom stereocenters. The van der Waals surface area contributed by atoms with Crippen molar-refractivity contribution in [1.82, 2.24) is 0 Å². The lowest BCUT2D eigenvalue weighted by molar-refractivity contribution is -0.123. The molecule has 4 heteroatoms. The molecule has 0 spiro atoms. The average molecular weight is 292 g/mol. The number of amides is 2. The van der Waals surface area contributed by atoms with Crippen LogP contribution in [0.3, 0.4) is 0 Å². The molecule has 0 fully saturated rings. The van der Waals surface area contributed by atoms with Crippen LogP contribution in [0.25, 0.3) is 0 Å². The van der Waals surface area contributed by atoms with Gasteiger partial charge >= 0.3 is 0 Å². The van der Waals surface area contributed by atoms with Gasteiger partial charge in [0.2, 0.25) is 11.8 Å². The molecule has 21 heavy (non-hydrogen) atoms. The van der Waals surface area contributed by atoms with Crippen molar-refractivity contribution in [2.24, 2.45) is 11.3 Å². The Balaban J connectivity index is 0.00000191. The zero-order valence-electron chi connectivity index (χ0n) is 14.2. The highest BCUT2D eigenvalue weighted by atomic mass is 16.2. The van der Waals surface area contributed by atoms with Gasteiger partial charge in [-0.15, -0.1) is 0 Å². The van der Waals surface area contributed by atoms with Crippen LogP contribution in [0.5, 0.6) is 0 Å². The predicted molar refractivity (Wildman–Crippen MR) is 89.3 cm³/mol. The number of carbonyl (C=O) groups excluding carboxylic acids is 2. The van der Waals surface area contributed by atoms with Crippen LogP contribution in [-0.4, -0.2) is 11.8 Å². The van der Waals surface area contributed by atoms with Gasteiger partial charge in [0.25, 0.3) is 0 Å². The van der Waals surface area contributed by atoms with Crippen LogP contribution in [0.2, 0.25) is 0 Å². The fraction of sp³-hybridized carbons (Fsp3) is 0.529. The molecule has 1 rings (SSSR count). The van der Waals surface area contributed by atoms with Crippen LogP contribution in [0.15, 0.2) is 24.3 Å². The smallest absolute Gasteiger partial charge is 0.229 e. The molecule has 2 amide bonds. The van der Waals surface area contributed by atoms with Gasteiger partial charge in [0.05, 0.1) is 0 Å². The van der Waals surface area contributed by atoms with Crippen molar-refractivity contribution >= 4 is 23.2 Å². The van der Waals surface area contributed by atoms with E-state index in [4.69, 9.17) is 0 Å². The number of rotatable bonds is 3. The topological polar surface area (TPSA) is 58.2 Å². The van der Waals surface area contributed by atoms with E-state index in [1.165, 1.54) is 0 Å². The first-order chi connectivity index (χ1) is 9.70. The second kappa shape index (κ2) is 8.45. The summed E-state index contributed by atoms with van der Waals surface area (Å²) in [6.07, 6.45) is 0. The van der Waals surface area contributed by atoms with Gasteiger partial charge in [-0.2, -0.15) is 0 Å². The Kier molecular flexibility index (Phi) is 7.71. The van der Waals surface area contributed by atoms with E-state index in [-0.39, 0.29) is 17.7 Å². The first-order valence-corrected chi connectivity index (χ1v) is 7.42. The standard InChI is InChI=1S/C15H22N2O2.C2H6/c1-10(2)13(18)16-11-7-6-8-12(9-11)17-14(19)15(3,4)5;1-2/h6-10H,1-5H3,(H,16,18)(H,17,19);1-2H3. The largest absolute Gasteiger partial charge is 0.326 e. The highest BCUT2D eigenvalue weighted by Crippen LogP contribution is 2.20. The maximum Gasteiger partial charge on any atom is 0.229 e. The Labute approximate surface area is 128 Å². The predicted octanol–water partition coefficient (Wildman–Crippen LogP) is 4.29. The molecule has 0 saturated carbocycles. The van der Waals surface area contributed by atoms with Crippen molar-refractivity contribution in [1.29, 1.82) is 0 Å². The molecule has 0 heterocycles. The van der Waals surface area contributed by atoms with Gasteiger partial charge in [-0.3, -0.25) is 9.59 Å². The van der Waals surface area contributed by atoms with Gasteiger partial charge in [0.15, 0.2) is 0 Å². The highest BCUT2D eigenvalue weighted by Gasteiger charge is 2.21. The second-order valence-electron chi connectivity index (χ2n) is 5.93. The third kappa shape index (κ3) is 6.93. The Morgan fingerprint density at radius 3 is 1.90 bits per heavy atom. The highest BCUT2D eigenvalue weighted by molar-refractivity contribution is 5.96. The molecule has 4 nitrogen and oxygen atoms in total. The molecule has 0 bridgehead atoms. The van der Waals surface area contributed by atoms with Gasteiger partial charge in [-0.25, -0.2) is 0 Å². The van der Waals surface area contributed by atoms with Crippen molar-refractivity contribution in [3.8, 4) is 0 Å². The molecular formula is C17H28N2O2. The normalized spacial score (nSPS) is 10.5. The molecule has 0 aliphatic rings. The van der Waals surface area contributed by atoms with Crippen LogP contribution in [0.4, 0.5) is 11.4 Å². The zero-order chi connectivity index (χ0) is 16.6. The van der Waals surface area contributed by atoms with E-state index in [2.05, 4.69) is 10.6 Å². The van der Waals surface area contributed by atoms with Gasteiger partial charge in [0.1, 0.15) is 0 Å². The molecule has 0 saturated heterocycles. The fourth-order valence-corrected chi connectivity index (χ4v) is 1.28. The lowest BCUT2D eigenvalue weighted by Gasteiger charge is -2.18. The minimum atomic E-state index is -0.447. The minimum absolute atomic E-state index is 0.0423. The summed E-state index contributed by atoms with van der Waals surface area (Å²) in [5.74, 6) is -0.174. The molecule has 0 aliphatic carbocycles. The Bertz CT molecular complexity index is 474. The number of anilines is 2. The van der Waals surface area contributed by atoms with E-state index in [0.29, 0.717) is 11.4 Å². The van der Waals surface area contributed by atoms with E-state index in [1.54, 1.807) is 24.3 Å². The van der Waals surface area contributed by atoms with Crippen molar-refractivity contribution in [3.05, 3.63) is 24.3 Å². The molecule has 1 aromatic rings. The van der Waals surface area contributed by atoms with Crippen molar-refractivity contribution in [2.45, 2.75) is 48.5 Å². The van der Waals surface area contributed by atoms with Crippen molar-refractivity contribution in [2.75, 3.05) is 10.6 Å². The summed E-state index contributed by atoms with van der Waals surface area (Å²) in [5, 5.41) is 5.64. The lowest BCUT2D eigenvalue weighted by atomic mass is 9.95. The summed E-state index contributed by atoms with van der Waals surface area (Å²) in [7, 11) is 0. The van der Waals surface area contributed by atoms with Crippen LogP contribution < -0.4 is 10.6 Å². The fourth-order valence-electron chi connectivity index (χ4n) is 1.28. The van der Waals surface area contributed by atoms with Crippen molar-refractivity contribution < 1.29 is 9.59 Å². The first-order valence-electron chi connectivity index (χ1n) is 7.42. The Morgan fingerprint density at radius 2 is 1.48 bits per heavy atom. The molecule has 1 aromatic carbocycles. The molecule has 2 N–H and O–H groups in total. The zero-order valence-corrected chi connectivity index (χ0v) is 14.2. The van der Waals surface area contributed by atoms with Gasteiger partial charge < -0.3 is 10.6 Å². The van der Waals surface area contributed by atoms with Crippen LogP contribution in [0.1, 0.15) is 48.5 Å². The molecule has 0 aromatic heterocycles. The minimum Gasteiger partial charge on any atom is -0.326 e. The van der Waals surface area contributed by atoms with Gasteiger partial charge in [-0.05, 0) is 18.2 Å². The molecule has 118 valence electrons. The third-order valence-electron chi connectivity index (χ3n) is 2.59. The van der Waals surface area contributed by atoms with Gasteiger partial charge in [-0.1, -0.05) is 54.5 Å². The average Bonchev–Trinajstić information content (AvgIpc) is 2.40. The Morgan fingerprint density at radius 1 is 1.00 bits per heavy atom. The summed E-state index contributed by atoms with van der Waals surface area (Å²) >= 11 is 0. The monoisotopic (exact) mass is 292 g/mol. The van der Waals surface area contributed by atoms with Gasteiger partial charge in [0, 0.05) is 22.7 Å². The molecular weight excluding hydrogens is 264 g/mol. The number of nitrogens with one attached hydrogen (secondary N) is 2. The lowest BCUT2D eigenvalue weighted by Crippen LogP contribution is -2.27. The SMILES string of the molecule is CC.CC(C)C(=O)Nc1cccc(NC(=O)C(C)(C)C)c1. The maximum absolute atomic E-state index is 11.9. The van der Waals surface area contributed by atoms with E-state index >= 15 is 0 Å². The summed E-state index contributed by atoms with van der Waals surface area (Å²) in [5.41, 5.74) is 0.920. The number of hydrogen-bond donors (Lipinski definition) is 2. The van der Waals surface area contributed by atoms with Crippen molar-refractivity contribution in [3.63, 3.8) is 0 Å². The van der Waals surface area contributed by atoms with E-state index in [9.17, 15) is 9.59 Å². The summed E-state index contributed by atoms with van der Waals surface area (Å²) < 4.78 is 0. The Hall–Kier alpha value is -1.84.